The number of amides is 3. The number of anilines is 1. The van der Waals surface area contributed by atoms with Gasteiger partial charge in [0, 0.05) is 17.4 Å². The van der Waals surface area contributed by atoms with Crippen molar-refractivity contribution in [3.05, 3.63) is 65.4 Å². The molecule has 0 aliphatic carbocycles. The molecule has 2 aromatic carbocycles. The Morgan fingerprint density at radius 1 is 1.07 bits per heavy atom. The van der Waals surface area contributed by atoms with E-state index >= 15 is 0 Å². The lowest BCUT2D eigenvalue weighted by Gasteiger charge is -2.35. The maximum atomic E-state index is 13.6. The van der Waals surface area contributed by atoms with Crippen LogP contribution in [0.3, 0.4) is 0 Å². The van der Waals surface area contributed by atoms with Gasteiger partial charge in [-0.2, -0.15) is 0 Å². The Kier molecular flexibility index (Phi) is 3.26. The van der Waals surface area contributed by atoms with Gasteiger partial charge in [-0.3, -0.25) is 4.79 Å². The van der Waals surface area contributed by atoms with Crippen molar-refractivity contribution >= 4 is 28.5 Å². The van der Waals surface area contributed by atoms with Gasteiger partial charge in [-0.1, -0.05) is 43.3 Å². The first kappa shape index (κ1) is 16.1. The maximum Gasteiger partial charge on any atom is 0.332 e. The Labute approximate surface area is 157 Å². The smallest absolute Gasteiger partial charge is 0.332 e. The average molecular weight is 359 g/mol. The van der Waals surface area contributed by atoms with Crippen molar-refractivity contribution in [2.45, 2.75) is 32.2 Å². The monoisotopic (exact) mass is 359 g/mol. The number of para-hydroxylation sites is 2. The van der Waals surface area contributed by atoms with Crippen LogP contribution in [0.25, 0.3) is 10.9 Å². The molecule has 1 N–H and O–H groups in total. The Balaban J connectivity index is 1.71. The van der Waals surface area contributed by atoms with Crippen LogP contribution >= 0.6 is 0 Å². The number of carbonyl (C=O) groups is 2. The van der Waals surface area contributed by atoms with Gasteiger partial charge in [0.1, 0.15) is 0 Å². The molecule has 3 heterocycles. The summed E-state index contributed by atoms with van der Waals surface area (Å²) in [7, 11) is 0. The summed E-state index contributed by atoms with van der Waals surface area (Å²) in [4.78, 5) is 33.4. The zero-order chi connectivity index (χ0) is 18.8. The van der Waals surface area contributed by atoms with Crippen molar-refractivity contribution < 1.29 is 9.59 Å². The van der Waals surface area contributed by atoms with E-state index in [0.717, 1.165) is 40.6 Å². The number of urea groups is 1. The lowest BCUT2D eigenvalue weighted by atomic mass is 9.87. The van der Waals surface area contributed by atoms with E-state index in [9.17, 15) is 9.59 Å². The molecule has 2 aliphatic rings. The van der Waals surface area contributed by atoms with Crippen LogP contribution in [0.1, 0.15) is 30.7 Å². The average Bonchev–Trinajstić information content (AvgIpc) is 3.16. The number of carbonyl (C=O) groups excluding carboxylic acids is 2. The Bertz CT molecular complexity index is 1100. The maximum absolute atomic E-state index is 13.6. The largest absolute Gasteiger partial charge is 0.356 e. The third-order valence-electron chi connectivity index (χ3n) is 6.08. The number of aromatic amines is 1. The highest BCUT2D eigenvalue weighted by Crippen LogP contribution is 2.45. The van der Waals surface area contributed by atoms with Gasteiger partial charge in [-0.25, -0.2) is 9.69 Å². The van der Waals surface area contributed by atoms with Gasteiger partial charge in [0.2, 0.25) is 0 Å². The fourth-order valence-corrected chi connectivity index (χ4v) is 4.63. The highest BCUT2D eigenvalue weighted by Gasteiger charge is 2.59. The molecule has 3 aromatic rings. The predicted octanol–water partition coefficient (Wildman–Crippen LogP) is 3.97. The number of H-pyrrole nitrogens is 1. The van der Waals surface area contributed by atoms with Crippen LogP contribution in [0.4, 0.5) is 10.5 Å². The first-order valence-electron chi connectivity index (χ1n) is 9.41. The summed E-state index contributed by atoms with van der Waals surface area (Å²) in [6, 6.07) is 15.5. The van der Waals surface area contributed by atoms with Crippen molar-refractivity contribution in [3.8, 4) is 0 Å². The predicted molar refractivity (Wildman–Crippen MR) is 105 cm³/mol. The van der Waals surface area contributed by atoms with Gasteiger partial charge in [-0.05, 0) is 43.0 Å². The summed E-state index contributed by atoms with van der Waals surface area (Å²) in [6.45, 7) is 4.45. The lowest BCUT2D eigenvalue weighted by molar-refractivity contribution is -0.125. The molecule has 3 amide bonds. The molecule has 1 aromatic heterocycles. The van der Waals surface area contributed by atoms with Crippen LogP contribution in [-0.4, -0.2) is 28.4 Å². The quantitative estimate of drug-likeness (QED) is 0.704. The van der Waals surface area contributed by atoms with Crippen LogP contribution in [0, 0.1) is 0 Å². The van der Waals surface area contributed by atoms with Crippen LogP contribution < -0.4 is 4.90 Å². The van der Waals surface area contributed by atoms with E-state index in [1.807, 2.05) is 56.3 Å². The van der Waals surface area contributed by atoms with Crippen molar-refractivity contribution in [1.29, 1.82) is 0 Å². The SMILES string of the molecule is CCc1ccccc1N1C(=O)N2CCc3c([nH]c4ccccc34)[C@@]2(C)C1=O. The summed E-state index contributed by atoms with van der Waals surface area (Å²) >= 11 is 0. The molecule has 5 nitrogen and oxygen atoms in total. The molecule has 27 heavy (non-hydrogen) atoms. The number of aryl methyl sites for hydroxylation is 1. The lowest BCUT2D eigenvalue weighted by Crippen LogP contribution is -2.49. The second-order valence-corrected chi connectivity index (χ2v) is 7.40. The molecule has 0 bridgehead atoms. The minimum absolute atomic E-state index is 0.180. The topological polar surface area (TPSA) is 56.4 Å². The molecule has 0 radical (unpaired) electrons. The van der Waals surface area contributed by atoms with Gasteiger partial charge < -0.3 is 9.88 Å². The van der Waals surface area contributed by atoms with Crippen molar-refractivity contribution in [1.82, 2.24) is 9.88 Å². The summed E-state index contributed by atoms with van der Waals surface area (Å²) in [5, 5.41) is 1.14. The molecule has 1 saturated heterocycles. The molecule has 0 unspecified atom stereocenters. The van der Waals surface area contributed by atoms with Gasteiger partial charge in [0.05, 0.1) is 11.4 Å². The summed E-state index contributed by atoms with van der Waals surface area (Å²) in [5.74, 6) is -0.180. The van der Waals surface area contributed by atoms with Crippen molar-refractivity contribution in [2.24, 2.45) is 0 Å². The highest BCUT2D eigenvalue weighted by molar-refractivity contribution is 6.24. The Morgan fingerprint density at radius 2 is 1.81 bits per heavy atom. The number of aromatic nitrogens is 1. The second-order valence-electron chi connectivity index (χ2n) is 7.40. The van der Waals surface area contributed by atoms with Gasteiger partial charge >= 0.3 is 6.03 Å². The minimum atomic E-state index is -0.995. The van der Waals surface area contributed by atoms with Crippen molar-refractivity contribution in [3.63, 3.8) is 0 Å². The number of hydrogen-bond acceptors (Lipinski definition) is 2. The zero-order valence-corrected chi connectivity index (χ0v) is 15.5. The fourth-order valence-electron chi connectivity index (χ4n) is 4.63. The van der Waals surface area contributed by atoms with Crippen LogP contribution in [-0.2, 0) is 23.2 Å². The highest BCUT2D eigenvalue weighted by atomic mass is 16.2. The second kappa shape index (κ2) is 5.46. The number of nitrogens with one attached hydrogen (secondary N) is 1. The summed E-state index contributed by atoms with van der Waals surface area (Å²) in [5.41, 5.74) is 3.71. The Hall–Kier alpha value is -3.08. The normalized spacial score (nSPS) is 21.7. The van der Waals surface area contributed by atoms with E-state index in [1.165, 1.54) is 4.90 Å². The molecule has 1 atom stereocenters. The molecule has 1 fully saturated rings. The standard InChI is InChI=1S/C22H21N3O2/c1-3-14-8-4-7-11-18(14)25-20(26)22(2)19-16(12-13-24(22)21(25)27)15-9-5-6-10-17(15)23-19/h4-11,23H,3,12-13H2,1-2H3/t22-/m0/s1. The van der Waals surface area contributed by atoms with Crippen LogP contribution in [0.5, 0.6) is 0 Å². The third-order valence-corrected chi connectivity index (χ3v) is 6.08. The molecule has 5 rings (SSSR count). The third kappa shape index (κ3) is 1.94. The molecular weight excluding hydrogens is 338 g/mol. The molecule has 0 spiro atoms. The van der Waals surface area contributed by atoms with E-state index in [0.29, 0.717) is 12.2 Å². The van der Waals surface area contributed by atoms with E-state index in [4.69, 9.17) is 0 Å². The van der Waals surface area contributed by atoms with E-state index < -0.39 is 5.54 Å². The number of hydrogen-bond donors (Lipinski definition) is 1. The van der Waals surface area contributed by atoms with Crippen LogP contribution in [0.2, 0.25) is 0 Å². The number of nitrogens with zero attached hydrogens (tertiary/aromatic N) is 2. The fraction of sp³-hybridized carbons (Fsp3) is 0.273. The number of benzene rings is 2. The number of imide groups is 1. The van der Waals surface area contributed by atoms with E-state index in [2.05, 4.69) is 11.1 Å². The molecule has 136 valence electrons. The van der Waals surface area contributed by atoms with Gasteiger partial charge in [0.15, 0.2) is 5.54 Å². The number of rotatable bonds is 2. The molecule has 2 aliphatic heterocycles. The molecule has 0 saturated carbocycles. The van der Waals surface area contributed by atoms with Gasteiger partial charge in [0.25, 0.3) is 5.91 Å². The zero-order valence-electron chi connectivity index (χ0n) is 15.5. The van der Waals surface area contributed by atoms with Crippen LogP contribution in [0.15, 0.2) is 48.5 Å². The minimum Gasteiger partial charge on any atom is -0.356 e. The molecular formula is C22H21N3O2. The first-order valence-corrected chi connectivity index (χ1v) is 9.41. The first-order chi connectivity index (χ1) is 13.1. The summed E-state index contributed by atoms with van der Waals surface area (Å²) in [6.07, 6.45) is 1.51. The number of fused-ring (bicyclic) bond motifs is 5. The molecule has 5 heteroatoms. The van der Waals surface area contributed by atoms with Gasteiger partial charge in [-0.15, -0.1) is 0 Å². The summed E-state index contributed by atoms with van der Waals surface area (Å²) < 4.78 is 0. The van der Waals surface area contributed by atoms with E-state index in [1.54, 1.807) is 4.90 Å². The Morgan fingerprint density at radius 3 is 2.63 bits per heavy atom. The van der Waals surface area contributed by atoms with Crippen molar-refractivity contribution in [2.75, 3.05) is 11.4 Å². The van der Waals surface area contributed by atoms with E-state index in [-0.39, 0.29) is 11.9 Å².